The van der Waals surface area contributed by atoms with Crippen LogP contribution < -0.4 is 11.1 Å². The predicted molar refractivity (Wildman–Crippen MR) is 62.4 cm³/mol. The minimum Gasteiger partial charge on any atom is -0.352 e. The van der Waals surface area contributed by atoms with Crippen molar-refractivity contribution in [3.8, 4) is 0 Å². The molecular weight excluding hydrogens is 188 g/mol. The molecule has 1 aliphatic rings. The number of hydrogen-bond acceptors (Lipinski definition) is 2. The summed E-state index contributed by atoms with van der Waals surface area (Å²) in [6.45, 7) is 5.95. The van der Waals surface area contributed by atoms with Crippen LogP contribution in [0.3, 0.4) is 0 Å². The van der Waals surface area contributed by atoms with Gasteiger partial charge >= 0.3 is 0 Å². The van der Waals surface area contributed by atoms with Crippen LogP contribution in [0.25, 0.3) is 0 Å². The molecule has 2 atom stereocenters. The van der Waals surface area contributed by atoms with Gasteiger partial charge in [0.15, 0.2) is 0 Å². The molecule has 0 radical (unpaired) electrons. The highest BCUT2D eigenvalue weighted by atomic mass is 16.2. The number of hydrogen-bond donors (Lipinski definition) is 2. The summed E-state index contributed by atoms with van der Waals surface area (Å²) in [7, 11) is 0. The maximum atomic E-state index is 11.8. The van der Waals surface area contributed by atoms with Crippen LogP contribution in [-0.4, -0.2) is 18.0 Å². The second-order valence-corrected chi connectivity index (χ2v) is 5.33. The summed E-state index contributed by atoms with van der Waals surface area (Å²) in [5.41, 5.74) is 5.71. The smallest absolute Gasteiger partial charge is 0.237 e. The largest absolute Gasteiger partial charge is 0.352 e. The molecule has 1 aliphatic carbocycles. The van der Waals surface area contributed by atoms with E-state index in [1.165, 1.54) is 0 Å². The molecule has 0 heterocycles. The Hall–Kier alpha value is -0.830. The van der Waals surface area contributed by atoms with Crippen molar-refractivity contribution in [2.75, 3.05) is 0 Å². The molecule has 0 aliphatic heterocycles. The van der Waals surface area contributed by atoms with Gasteiger partial charge in [0, 0.05) is 6.04 Å². The summed E-state index contributed by atoms with van der Waals surface area (Å²) in [6, 6.07) is -0.153. The third kappa shape index (κ3) is 3.67. The van der Waals surface area contributed by atoms with Gasteiger partial charge in [-0.2, -0.15) is 0 Å². The number of carbonyl (C=O) groups excluding carboxylic acids is 1. The maximum Gasteiger partial charge on any atom is 0.237 e. The van der Waals surface area contributed by atoms with E-state index in [2.05, 4.69) is 17.5 Å². The molecule has 3 heteroatoms. The van der Waals surface area contributed by atoms with E-state index >= 15 is 0 Å². The summed E-state index contributed by atoms with van der Waals surface area (Å²) >= 11 is 0. The lowest BCUT2D eigenvalue weighted by Crippen LogP contribution is -2.51. The van der Waals surface area contributed by atoms with Gasteiger partial charge in [-0.05, 0) is 24.7 Å². The maximum absolute atomic E-state index is 11.8. The van der Waals surface area contributed by atoms with Gasteiger partial charge in [0.2, 0.25) is 5.91 Å². The van der Waals surface area contributed by atoms with Gasteiger partial charge in [-0.3, -0.25) is 4.79 Å². The summed E-state index contributed by atoms with van der Waals surface area (Å²) in [5.74, 6) is -0.0252. The van der Waals surface area contributed by atoms with Gasteiger partial charge in [0.25, 0.3) is 0 Å². The Kier molecular flexibility index (Phi) is 3.91. The Morgan fingerprint density at radius 3 is 2.60 bits per heavy atom. The number of carbonyl (C=O) groups is 1. The van der Waals surface area contributed by atoms with Gasteiger partial charge in [0.05, 0.1) is 6.04 Å². The van der Waals surface area contributed by atoms with E-state index < -0.39 is 6.04 Å². The number of nitrogens with one attached hydrogen (secondary N) is 1. The van der Waals surface area contributed by atoms with E-state index in [9.17, 15) is 4.79 Å². The van der Waals surface area contributed by atoms with Crippen molar-refractivity contribution in [2.45, 2.75) is 52.1 Å². The zero-order valence-electron chi connectivity index (χ0n) is 9.92. The number of allylic oxidation sites excluding steroid dienone is 1. The van der Waals surface area contributed by atoms with Gasteiger partial charge in [-0.1, -0.05) is 32.9 Å². The monoisotopic (exact) mass is 210 g/mol. The van der Waals surface area contributed by atoms with Crippen LogP contribution in [-0.2, 0) is 4.79 Å². The highest BCUT2D eigenvalue weighted by Crippen LogP contribution is 2.18. The topological polar surface area (TPSA) is 55.1 Å². The molecule has 0 aromatic carbocycles. The van der Waals surface area contributed by atoms with E-state index in [4.69, 9.17) is 5.73 Å². The van der Waals surface area contributed by atoms with Crippen LogP contribution >= 0.6 is 0 Å². The van der Waals surface area contributed by atoms with Crippen molar-refractivity contribution < 1.29 is 4.79 Å². The molecule has 0 bridgehead atoms. The zero-order valence-corrected chi connectivity index (χ0v) is 9.92. The lowest BCUT2D eigenvalue weighted by atomic mass is 9.86. The van der Waals surface area contributed by atoms with E-state index in [1.54, 1.807) is 0 Å². The molecule has 86 valence electrons. The lowest BCUT2D eigenvalue weighted by molar-refractivity contribution is -0.125. The fourth-order valence-corrected chi connectivity index (χ4v) is 1.61. The first-order valence-corrected chi connectivity index (χ1v) is 5.62. The van der Waals surface area contributed by atoms with Crippen molar-refractivity contribution in [1.29, 1.82) is 0 Å². The van der Waals surface area contributed by atoms with E-state index in [0.717, 1.165) is 19.3 Å². The average Bonchev–Trinajstić information content (AvgIpc) is 2.16. The summed E-state index contributed by atoms with van der Waals surface area (Å²) in [4.78, 5) is 11.8. The molecule has 0 saturated carbocycles. The third-order valence-electron chi connectivity index (χ3n) is 2.83. The number of rotatable bonds is 2. The first kappa shape index (κ1) is 12.2. The third-order valence-corrected chi connectivity index (χ3v) is 2.83. The number of amides is 1. The van der Waals surface area contributed by atoms with Crippen LogP contribution in [0.2, 0.25) is 0 Å². The average molecular weight is 210 g/mol. The highest BCUT2D eigenvalue weighted by Gasteiger charge is 2.28. The van der Waals surface area contributed by atoms with Gasteiger partial charge in [0.1, 0.15) is 0 Å². The molecule has 1 rings (SSSR count). The standard InChI is InChI=1S/C12H22N2O/c1-12(2,3)10(13)11(15)14-9-7-5-4-6-8-9/h4-5,9-10H,6-8,13H2,1-3H3,(H,14,15)/t9?,10-/m1/s1. The van der Waals surface area contributed by atoms with Gasteiger partial charge in [-0.25, -0.2) is 0 Å². The first-order valence-electron chi connectivity index (χ1n) is 5.62. The van der Waals surface area contributed by atoms with Crippen molar-refractivity contribution in [3.63, 3.8) is 0 Å². The molecule has 3 nitrogen and oxygen atoms in total. The second kappa shape index (κ2) is 4.79. The van der Waals surface area contributed by atoms with E-state index in [1.807, 2.05) is 20.8 Å². The van der Waals surface area contributed by atoms with Crippen molar-refractivity contribution in [2.24, 2.45) is 11.1 Å². The zero-order chi connectivity index (χ0) is 11.5. The molecule has 15 heavy (non-hydrogen) atoms. The fraction of sp³-hybridized carbons (Fsp3) is 0.750. The molecule has 0 spiro atoms. The minimum atomic E-state index is -0.427. The molecule has 0 aromatic heterocycles. The van der Waals surface area contributed by atoms with Crippen LogP contribution in [0, 0.1) is 5.41 Å². The first-order chi connectivity index (χ1) is 6.91. The van der Waals surface area contributed by atoms with Crippen LogP contribution in [0.15, 0.2) is 12.2 Å². The summed E-state index contributed by atoms with van der Waals surface area (Å²) in [6.07, 6.45) is 7.29. The lowest BCUT2D eigenvalue weighted by Gasteiger charge is -2.28. The van der Waals surface area contributed by atoms with E-state index in [-0.39, 0.29) is 17.4 Å². The van der Waals surface area contributed by atoms with Crippen LogP contribution in [0.4, 0.5) is 0 Å². The Morgan fingerprint density at radius 2 is 2.13 bits per heavy atom. The van der Waals surface area contributed by atoms with Crippen LogP contribution in [0.1, 0.15) is 40.0 Å². The SMILES string of the molecule is CC(C)(C)[C@H](N)C(=O)NC1CC=CCC1. The van der Waals surface area contributed by atoms with Crippen LogP contribution in [0.5, 0.6) is 0 Å². The summed E-state index contributed by atoms with van der Waals surface area (Å²) < 4.78 is 0. The normalized spacial score (nSPS) is 23.6. The Morgan fingerprint density at radius 1 is 1.47 bits per heavy atom. The van der Waals surface area contributed by atoms with Crippen molar-refractivity contribution in [3.05, 3.63) is 12.2 Å². The van der Waals surface area contributed by atoms with Gasteiger partial charge < -0.3 is 11.1 Å². The molecule has 0 aromatic rings. The van der Waals surface area contributed by atoms with Crippen molar-refractivity contribution >= 4 is 5.91 Å². The Labute approximate surface area is 92.1 Å². The van der Waals surface area contributed by atoms with E-state index in [0.29, 0.717) is 0 Å². The molecule has 0 fully saturated rings. The highest BCUT2D eigenvalue weighted by molar-refractivity contribution is 5.82. The molecular formula is C12H22N2O. The quantitative estimate of drug-likeness (QED) is 0.680. The predicted octanol–water partition coefficient (Wildman–Crippen LogP) is 1.58. The minimum absolute atomic E-state index is 0.0252. The van der Waals surface area contributed by atoms with Gasteiger partial charge in [-0.15, -0.1) is 0 Å². The molecule has 1 amide bonds. The summed E-state index contributed by atoms with van der Waals surface area (Å²) in [5, 5.41) is 3.01. The number of nitrogens with two attached hydrogens (primary N) is 1. The fourth-order valence-electron chi connectivity index (χ4n) is 1.61. The second-order valence-electron chi connectivity index (χ2n) is 5.33. The Bertz CT molecular complexity index is 253. The Balaban J connectivity index is 2.44. The molecule has 1 unspecified atom stereocenters. The molecule has 0 saturated heterocycles. The molecule has 3 N–H and O–H groups in total. The van der Waals surface area contributed by atoms with Crippen molar-refractivity contribution in [1.82, 2.24) is 5.32 Å².